The number of nitrogens with one attached hydrogen (secondary N) is 1. The Labute approximate surface area is 111 Å². The Hall–Kier alpha value is -0.990. The molecule has 1 fully saturated rings. The second-order valence-electron chi connectivity index (χ2n) is 6.05. The van der Waals surface area contributed by atoms with Gasteiger partial charge in [0.1, 0.15) is 0 Å². The normalized spacial score (nSPS) is 28.3. The Morgan fingerprint density at radius 2 is 2.17 bits per heavy atom. The van der Waals surface area contributed by atoms with Gasteiger partial charge >= 0.3 is 0 Å². The molecule has 3 nitrogen and oxygen atoms in total. The zero-order valence-electron chi connectivity index (χ0n) is 12.2. The third-order valence-corrected chi connectivity index (χ3v) is 4.11. The first-order chi connectivity index (χ1) is 8.60. The van der Waals surface area contributed by atoms with Gasteiger partial charge < -0.3 is 9.88 Å². The number of hydrogen-bond acceptors (Lipinski definition) is 2. The minimum absolute atomic E-state index is 0.596. The summed E-state index contributed by atoms with van der Waals surface area (Å²) in [7, 11) is 0. The van der Waals surface area contributed by atoms with Crippen LogP contribution in [0.3, 0.4) is 0 Å². The van der Waals surface area contributed by atoms with Gasteiger partial charge in [-0.25, -0.2) is 4.98 Å². The maximum atomic E-state index is 4.63. The van der Waals surface area contributed by atoms with Gasteiger partial charge in [0, 0.05) is 18.8 Å². The first kappa shape index (κ1) is 13.4. The first-order valence-corrected chi connectivity index (χ1v) is 7.40. The van der Waals surface area contributed by atoms with Crippen LogP contribution < -0.4 is 5.32 Å². The van der Waals surface area contributed by atoms with Crippen molar-refractivity contribution in [1.29, 1.82) is 0 Å². The number of hydrogen-bond donors (Lipinski definition) is 1. The molecule has 2 rings (SSSR count). The maximum absolute atomic E-state index is 4.63. The molecule has 1 aliphatic rings. The maximum Gasteiger partial charge on any atom is 0.203 e. The summed E-state index contributed by atoms with van der Waals surface area (Å²) in [5.74, 6) is 2.71. The Balaban J connectivity index is 2.04. The standard InChI is InChI=1S/C15H27N3/c1-5-8-18-10-13(4)16-15(18)17-14-7-6-11(2)9-12(14)3/h10-12,14H,5-9H2,1-4H3,(H,16,17). The number of aromatic nitrogens is 2. The van der Waals surface area contributed by atoms with Crippen LogP contribution in [0.2, 0.25) is 0 Å². The topological polar surface area (TPSA) is 29.9 Å². The molecule has 1 aliphatic carbocycles. The largest absolute Gasteiger partial charge is 0.353 e. The highest BCUT2D eigenvalue weighted by Gasteiger charge is 2.26. The molecule has 0 spiro atoms. The molecule has 1 saturated carbocycles. The SMILES string of the molecule is CCCn1cc(C)nc1NC1CCC(C)CC1C. The summed E-state index contributed by atoms with van der Waals surface area (Å²) in [6, 6.07) is 0.596. The summed E-state index contributed by atoms with van der Waals surface area (Å²) in [6.45, 7) is 10.1. The Bertz CT molecular complexity index is 383. The lowest BCUT2D eigenvalue weighted by molar-refractivity contribution is 0.275. The van der Waals surface area contributed by atoms with Gasteiger partial charge in [-0.15, -0.1) is 0 Å². The van der Waals surface area contributed by atoms with Crippen LogP contribution in [0.5, 0.6) is 0 Å². The summed E-state index contributed by atoms with van der Waals surface area (Å²) in [5.41, 5.74) is 1.11. The average molecular weight is 249 g/mol. The van der Waals surface area contributed by atoms with Gasteiger partial charge in [0.25, 0.3) is 0 Å². The van der Waals surface area contributed by atoms with Gasteiger partial charge in [-0.05, 0) is 44.4 Å². The van der Waals surface area contributed by atoms with E-state index >= 15 is 0 Å². The zero-order valence-corrected chi connectivity index (χ0v) is 12.2. The minimum atomic E-state index is 0.596. The van der Waals surface area contributed by atoms with E-state index in [4.69, 9.17) is 0 Å². The van der Waals surface area contributed by atoms with Crippen molar-refractivity contribution in [2.75, 3.05) is 5.32 Å². The van der Waals surface area contributed by atoms with E-state index in [-0.39, 0.29) is 0 Å². The zero-order chi connectivity index (χ0) is 13.1. The highest BCUT2D eigenvalue weighted by atomic mass is 15.2. The lowest BCUT2D eigenvalue weighted by Crippen LogP contribution is -2.34. The molecule has 18 heavy (non-hydrogen) atoms. The van der Waals surface area contributed by atoms with Crippen molar-refractivity contribution in [3.05, 3.63) is 11.9 Å². The van der Waals surface area contributed by atoms with Gasteiger partial charge in [-0.1, -0.05) is 20.8 Å². The van der Waals surface area contributed by atoms with Crippen molar-refractivity contribution in [2.24, 2.45) is 11.8 Å². The van der Waals surface area contributed by atoms with Crippen molar-refractivity contribution in [2.45, 2.75) is 66.0 Å². The van der Waals surface area contributed by atoms with E-state index in [2.05, 4.69) is 48.8 Å². The van der Waals surface area contributed by atoms with Crippen molar-refractivity contribution in [1.82, 2.24) is 9.55 Å². The second-order valence-corrected chi connectivity index (χ2v) is 6.05. The first-order valence-electron chi connectivity index (χ1n) is 7.40. The summed E-state index contributed by atoms with van der Waals surface area (Å²) in [6.07, 6.45) is 7.27. The van der Waals surface area contributed by atoms with Crippen LogP contribution in [0.25, 0.3) is 0 Å². The fourth-order valence-electron chi connectivity index (χ4n) is 3.12. The molecule has 0 amide bonds. The van der Waals surface area contributed by atoms with Crippen molar-refractivity contribution >= 4 is 5.95 Å². The smallest absolute Gasteiger partial charge is 0.203 e. The molecule has 0 bridgehead atoms. The van der Waals surface area contributed by atoms with Crippen LogP contribution in [0.1, 0.15) is 52.1 Å². The molecule has 0 aromatic carbocycles. The van der Waals surface area contributed by atoms with Crippen molar-refractivity contribution in [3.63, 3.8) is 0 Å². The van der Waals surface area contributed by atoms with E-state index in [9.17, 15) is 0 Å². The van der Waals surface area contributed by atoms with Gasteiger partial charge in [0.15, 0.2) is 0 Å². The van der Waals surface area contributed by atoms with Crippen molar-refractivity contribution in [3.8, 4) is 0 Å². The van der Waals surface area contributed by atoms with Gasteiger partial charge in [0.2, 0.25) is 5.95 Å². The van der Waals surface area contributed by atoms with Crippen LogP contribution in [0, 0.1) is 18.8 Å². The average Bonchev–Trinajstić information content (AvgIpc) is 2.64. The summed E-state index contributed by atoms with van der Waals surface area (Å²) >= 11 is 0. The fraction of sp³-hybridized carbons (Fsp3) is 0.800. The molecule has 0 aliphatic heterocycles. The van der Waals surface area contributed by atoms with Crippen molar-refractivity contribution < 1.29 is 0 Å². The molecular weight excluding hydrogens is 222 g/mol. The van der Waals surface area contributed by atoms with E-state index in [1.165, 1.54) is 19.3 Å². The molecule has 0 saturated heterocycles. The molecular formula is C15H27N3. The third kappa shape index (κ3) is 3.06. The molecule has 1 N–H and O–H groups in total. The predicted octanol–water partition coefficient (Wildman–Crippen LogP) is 3.84. The van der Waals surface area contributed by atoms with E-state index in [0.29, 0.717) is 6.04 Å². The number of imidazole rings is 1. The third-order valence-electron chi connectivity index (χ3n) is 4.11. The molecule has 3 unspecified atom stereocenters. The Morgan fingerprint density at radius 3 is 2.83 bits per heavy atom. The number of nitrogens with zero attached hydrogens (tertiary/aromatic N) is 2. The van der Waals surface area contributed by atoms with Crippen LogP contribution in [0.15, 0.2) is 6.20 Å². The molecule has 0 radical (unpaired) electrons. The van der Waals surface area contributed by atoms with E-state index < -0.39 is 0 Å². The number of rotatable bonds is 4. The quantitative estimate of drug-likeness (QED) is 0.878. The van der Waals surface area contributed by atoms with Crippen LogP contribution >= 0.6 is 0 Å². The number of aryl methyl sites for hydroxylation is 2. The van der Waals surface area contributed by atoms with Gasteiger partial charge in [0.05, 0.1) is 5.69 Å². The monoisotopic (exact) mass is 249 g/mol. The molecule has 1 aromatic rings. The van der Waals surface area contributed by atoms with Crippen LogP contribution in [0.4, 0.5) is 5.95 Å². The predicted molar refractivity (Wildman–Crippen MR) is 76.8 cm³/mol. The summed E-state index contributed by atoms with van der Waals surface area (Å²) in [4.78, 5) is 4.63. The van der Waals surface area contributed by atoms with E-state index in [0.717, 1.165) is 36.4 Å². The Morgan fingerprint density at radius 1 is 1.39 bits per heavy atom. The van der Waals surface area contributed by atoms with E-state index in [1.54, 1.807) is 0 Å². The lowest BCUT2D eigenvalue weighted by atomic mass is 9.80. The van der Waals surface area contributed by atoms with Gasteiger partial charge in [-0.2, -0.15) is 0 Å². The molecule has 3 heteroatoms. The van der Waals surface area contributed by atoms with Crippen LogP contribution in [-0.2, 0) is 6.54 Å². The Kier molecular flexibility index (Phi) is 4.31. The molecule has 3 atom stereocenters. The fourth-order valence-corrected chi connectivity index (χ4v) is 3.12. The lowest BCUT2D eigenvalue weighted by Gasteiger charge is -2.33. The second kappa shape index (κ2) is 5.77. The van der Waals surface area contributed by atoms with Gasteiger partial charge in [-0.3, -0.25) is 0 Å². The molecule has 1 heterocycles. The molecule has 102 valence electrons. The highest BCUT2D eigenvalue weighted by Crippen LogP contribution is 2.30. The number of anilines is 1. The van der Waals surface area contributed by atoms with Crippen LogP contribution in [-0.4, -0.2) is 15.6 Å². The summed E-state index contributed by atoms with van der Waals surface area (Å²) < 4.78 is 2.26. The summed E-state index contributed by atoms with van der Waals surface area (Å²) in [5, 5.41) is 3.68. The minimum Gasteiger partial charge on any atom is -0.353 e. The highest BCUT2D eigenvalue weighted by molar-refractivity contribution is 5.30. The van der Waals surface area contributed by atoms with E-state index in [1.807, 2.05) is 0 Å². The molecule has 1 aromatic heterocycles.